The molecule has 6 nitrogen and oxygen atoms in total. The Morgan fingerprint density at radius 2 is 1.81 bits per heavy atom. The molecule has 1 aromatic carbocycles. The minimum absolute atomic E-state index is 0.291. The molecule has 172 valence electrons. The van der Waals surface area contributed by atoms with Crippen molar-refractivity contribution in [3.63, 3.8) is 0 Å². The third kappa shape index (κ3) is 5.90. The molecule has 9 heteroatoms. The number of hydrogen-bond donors (Lipinski definition) is 2. The van der Waals surface area contributed by atoms with E-state index in [0.29, 0.717) is 18.6 Å². The van der Waals surface area contributed by atoms with Gasteiger partial charge in [0.25, 0.3) is 0 Å². The molecule has 2 N–H and O–H groups in total. The van der Waals surface area contributed by atoms with Crippen molar-refractivity contribution in [2.45, 2.75) is 38.1 Å². The Labute approximate surface area is 182 Å². The van der Waals surface area contributed by atoms with Crippen molar-refractivity contribution in [2.75, 3.05) is 58.9 Å². The summed E-state index contributed by atoms with van der Waals surface area (Å²) in [6.45, 7) is 11.9. The molecule has 0 saturated carbocycles. The van der Waals surface area contributed by atoms with E-state index in [-0.39, 0.29) is 0 Å². The summed E-state index contributed by atoms with van der Waals surface area (Å²) >= 11 is 0. The number of alkyl halides is 3. The Morgan fingerprint density at radius 3 is 2.42 bits per heavy atom. The van der Waals surface area contributed by atoms with E-state index in [2.05, 4.69) is 32.3 Å². The van der Waals surface area contributed by atoms with Crippen molar-refractivity contribution in [3.05, 3.63) is 35.4 Å². The molecule has 5 rings (SSSR count). The van der Waals surface area contributed by atoms with Crippen LogP contribution < -0.4 is 10.6 Å². The van der Waals surface area contributed by atoms with Crippen LogP contribution in [0.4, 0.5) is 13.2 Å². The lowest BCUT2D eigenvalue weighted by Crippen LogP contribution is -2.62. The number of nitrogens with one attached hydrogen (secondary N) is 2. The van der Waals surface area contributed by atoms with E-state index >= 15 is 0 Å². The van der Waals surface area contributed by atoms with Crippen LogP contribution in [0.25, 0.3) is 0 Å². The minimum atomic E-state index is -4.28. The Morgan fingerprint density at radius 1 is 1.06 bits per heavy atom. The second kappa shape index (κ2) is 9.75. The zero-order valence-electron chi connectivity index (χ0n) is 18.2. The fourth-order valence-corrected chi connectivity index (χ4v) is 4.76. The molecule has 4 saturated heterocycles. The van der Waals surface area contributed by atoms with Gasteiger partial charge in [0.1, 0.15) is 0 Å². The summed E-state index contributed by atoms with van der Waals surface area (Å²) in [4.78, 5) is 12.2. The Balaban J connectivity index is 1.27. The second-order valence-electron chi connectivity index (χ2n) is 8.77. The number of aliphatic imine (C=N–C) groups is 1. The van der Waals surface area contributed by atoms with Gasteiger partial charge in [-0.15, -0.1) is 0 Å². The number of hydrogen-bond acceptors (Lipinski definition) is 4. The Hall–Kier alpha value is -1.84. The summed E-state index contributed by atoms with van der Waals surface area (Å²) < 4.78 is 38.2. The molecule has 4 fully saturated rings. The number of rotatable bonds is 6. The number of piperazine rings is 3. The van der Waals surface area contributed by atoms with Crippen molar-refractivity contribution in [1.82, 2.24) is 25.3 Å². The van der Waals surface area contributed by atoms with Crippen LogP contribution in [-0.2, 0) is 12.7 Å². The van der Waals surface area contributed by atoms with E-state index < -0.39 is 11.7 Å². The predicted octanol–water partition coefficient (Wildman–Crippen LogP) is 1.83. The summed E-state index contributed by atoms with van der Waals surface area (Å²) in [6, 6.07) is 6.29. The van der Waals surface area contributed by atoms with Gasteiger partial charge in [-0.05, 0) is 31.0 Å². The summed E-state index contributed by atoms with van der Waals surface area (Å²) in [6.07, 6.45) is -3.29. The van der Waals surface area contributed by atoms with E-state index in [9.17, 15) is 13.2 Å². The lowest BCUT2D eigenvalue weighted by Gasteiger charge is -2.47. The first-order chi connectivity index (χ1) is 14.9. The van der Waals surface area contributed by atoms with E-state index in [1.54, 1.807) is 12.1 Å². The summed E-state index contributed by atoms with van der Waals surface area (Å²) in [7, 11) is 0. The van der Waals surface area contributed by atoms with Crippen LogP contribution in [0.15, 0.2) is 29.3 Å². The molecular formula is C22H33F3N6. The highest BCUT2D eigenvalue weighted by Crippen LogP contribution is 2.29. The quantitative estimate of drug-likeness (QED) is 0.524. The summed E-state index contributed by atoms with van der Waals surface area (Å²) in [5.74, 6) is 0.863. The smallest absolute Gasteiger partial charge is 0.357 e. The zero-order valence-corrected chi connectivity index (χ0v) is 18.2. The topological polar surface area (TPSA) is 46.1 Å². The monoisotopic (exact) mass is 438 g/mol. The lowest BCUT2D eigenvalue weighted by molar-refractivity contribution is -0.137. The zero-order chi connectivity index (χ0) is 21.8. The molecule has 0 spiro atoms. The highest BCUT2D eigenvalue weighted by Gasteiger charge is 2.32. The Kier molecular flexibility index (Phi) is 7.03. The van der Waals surface area contributed by atoms with Gasteiger partial charge < -0.3 is 10.6 Å². The minimum Gasteiger partial charge on any atom is -0.357 e. The number of fused-ring (bicyclic) bond motifs is 3. The van der Waals surface area contributed by atoms with Crippen LogP contribution in [0.2, 0.25) is 0 Å². The molecule has 2 atom stereocenters. The van der Waals surface area contributed by atoms with Gasteiger partial charge in [-0.2, -0.15) is 13.2 Å². The molecule has 0 aliphatic carbocycles. The van der Waals surface area contributed by atoms with Crippen molar-refractivity contribution < 1.29 is 13.2 Å². The van der Waals surface area contributed by atoms with Gasteiger partial charge in [-0.25, -0.2) is 0 Å². The third-order valence-electron chi connectivity index (χ3n) is 6.50. The van der Waals surface area contributed by atoms with Crippen LogP contribution in [0.5, 0.6) is 0 Å². The summed E-state index contributed by atoms with van der Waals surface area (Å²) in [5.41, 5.74) is 0.314. The molecule has 1 aromatic rings. The maximum Gasteiger partial charge on any atom is 0.416 e. The van der Waals surface area contributed by atoms with Gasteiger partial charge in [-0.3, -0.25) is 19.7 Å². The standard InChI is InChI=1S/C22H33F3N6/c1-2-26-21(27-13-20-16-29-9-11-31(20)12-10-29)28-19-7-8-30(15-19)14-17-3-5-18(6-4-17)22(23,24)25/h3-6,19-20H,2,7-16H2,1H3,(H2,26,27,28). The fourth-order valence-electron chi connectivity index (χ4n) is 4.76. The maximum atomic E-state index is 12.7. The van der Waals surface area contributed by atoms with Crippen LogP contribution >= 0.6 is 0 Å². The molecule has 2 unspecified atom stereocenters. The van der Waals surface area contributed by atoms with Crippen LogP contribution in [0.1, 0.15) is 24.5 Å². The first-order valence-electron chi connectivity index (χ1n) is 11.3. The molecular weight excluding hydrogens is 405 g/mol. The average Bonchev–Trinajstić information content (AvgIpc) is 3.19. The Bertz CT molecular complexity index is 743. The number of likely N-dealkylation sites (tertiary alicyclic amines) is 1. The molecule has 4 heterocycles. The van der Waals surface area contributed by atoms with Gasteiger partial charge in [0.2, 0.25) is 0 Å². The first kappa shape index (κ1) is 22.4. The van der Waals surface area contributed by atoms with Crippen molar-refractivity contribution in [3.8, 4) is 0 Å². The van der Waals surface area contributed by atoms with Gasteiger partial charge in [0.05, 0.1) is 12.1 Å². The van der Waals surface area contributed by atoms with Crippen LogP contribution in [0.3, 0.4) is 0 Å². The van der Waals surface area contributed by atoms with E-state index in [1.165, 1.54) is 25.2 Å². The predicted molar refractivity (Wildman–Crippen MR) is 116 cm³/mol. The number of halogens is 3. The highest BCUT2D eigenvalue weighted by atomic mass is 19.4. The van der Waals surface area contributed by atoms with E-state index in [0.717, 1.165) is 63.8 Å². The second-order valence-corrected chi connectivity index (χ2v) is 8.77. The molecule has 0 aromatic heterocycles. The number of guanidine groups is 1. The lowest BCUT2D eigenvalue weighted by atomic mass is 10.1. The summed E-state index contributed by atoms with van der Waals surface area (Å²) in [5, 5.41) is 6.92. The van der Waals surface area contributed by atoms with Gasteiger partial charge in [0, 0.05) is 71.0 Å². The van der Waals surface area contributed by atoms with Crippen LogP contribution in [-0.4, -0.2) is 91.6 Å². The van der Waals surface area contributed by atoms with Gasteiger partial charge in [0.15, 0.2) is 5.96 Å². The third-order valence-corrected chi connectivity index (χ3v) is 6.50. The number of benzene rings is 1. The molecule has 4 aliphatic heterocycles. The SMILES string of the molecule is CCNC(=NCC1CN2CCN1CC2)NC1CCN(Cc2ccc(C(F)(F)F)cc2)C1. The molecule has 31 heavy (non-hydrogen) atoms. The highest BCUT2D eigenvalue weighted by molar-refractivity contribution is 5.80. The average molecular weight is 439 g/mol. The van der Waals surface area contributed by atoms with Crippen molar-refractivity contribution in [1.29, 1.82) is 0 Å². The first-order valence-corrected chi connectivity index (χ1v) is 11.3. The molecule has 2 bridgehead atoms. The van der Waals surface area contributed by atoms with E-state index in [1.807, 2.05) is 0 Å². The van der Waals surface area contributed by atoms with Crippen molar-refractivity contribution in [2.24, 2.45) is 4.99 Å². The largest absolute Gasteiger partial charge is 0.416 e. The van der Waals surface area contributed by atoms with Crippen LogP contribution in [0, 0.1) is 0 Å². The normalized spacial score (nSPS) is 29.4. The molecule has 4 aliphatic rings. The van der Waals surface area contributed by atoms with Gasteiger partial charge >= 0.3 is 6.18 Å². The van der Waals surface area contributed by atoms with Crippen molar-refractivity contribution >= 4 is 5.96 Å². The number of nitrogens with zero attached hydrogens (tertiary/aromatic N) is 4. The maximum absolute atomic E-state index is 12.7. The molecule has 0 amide bonds. The van der Waals surface area contributed by atoms with E-state index in [4.69, 9.17) is 4.99 Å². The molecule has 0 radical (unpaired) electrons. The van der Waals surface area contributed by atoms with Gasteiger partial charge in [-0.1, -0.05) is 12.1 Å². The fraction of sp³-hybridized carbons (Fsp3) is 0.682.